The highest BCUT2D eigenvalue weighted by Crippen LogP contribution is 2.31. The third-order valence-electron chi connectivity index (χ3n) is 2.83. The van der Waals surface area contributed by atoms with Crippen LogP contribution in [0.2, 0.25) is 0 Å². The molecule has 102 valence electrons. The molecule has 0 radical (unpaired) electrons. The van der Waals surface area contributed by atoms with Crippen molar-refractivity contribution in [3.8, 4) is 16.4 Å². The molecule has 2 aromatic heterocycles. The number of rotatable bonds is 2. The predicted octanol–water partition coefficient (Wildman–Crippen LogP) is 4.62. The Labute approximate surface area is 117 Å². The number of nitrogens with zero attached hydrogens (tertiary/aromatic N) is 2. The largest absolute Gasteiger partial charge is 0.416 e. The van der Waals surface area contributed by atoms with Crippen molar-refractivity contribution in [1.29, 1.82) is 0 Å². The Morgan fingerprint density at radius 1 is 1.00 bits per heavy atom. The third kappa shape index (κ3) is 2.46. The normalized spacial score (nSPS) is 11.8. The average Bonchev–Trinajstić information content (AvgIpc) is 3.09. The van der Waals surface area contributed by atoms with E-state index in [9.17, 15) is 13.2 Å². The van der Waals surface area contributed by atoms with Crippen molar-refractivity contribution in [1.82, 2.24) is 9.55 Å². The highest BCUT2D eigenvalue weighted by atomic mass is 32.1. The van der Waals surface area contributed by atoms with Gasteiger partial charge in [0.05, 0.1) is 11.3 Å². The summed E-state index contributed by atoms with van der Waals surface area (Å²) in [5.41, 5.74) is 0.696. The summed E-state index contributed by atoms with van der Waals surface area (Å²) in [6, 6.07) is 8.81. The number of hydrogen-bond donors (Lipinski definition) is 0. The van der Waals surface area contributed by atoms with Crippen LogP contribution in [0, 0.1) is 0 Å². The van der Waals surface area contributed by atoms with Crippen LogP contribution < -0.4 is 0 Å². The molecule has 2 nitrogen and oxygen atoms in total. The van der Waals surface area contributed by atoms with Gasteiger partial charge in [-0.05, 0) is 24.3 Å². The van der Waals surface area contributed by atoms with E-state index in [0.717, 1.165) is 17.3 Å². The fraction of sp³-hybridized carbons (Fsp3) is 0.0714. The van der Waals surface area contributed by atoms with E-state index in [4.69, 9.17) is 0 Å². The second kappa shape index (κ2) is 4.79. The summed E-state index contributed by atoms with van der Waals surface area (Å²) in [5.74, 6) is 0. The zero-order chi connectivity index (χ0) is 14.2. The molecule has 0 fully saturated rings. The first kappa shape index (κ1) is 12.9. The van der Waals surface area contributed by atoms with Crippen LogP contribution in [0.4, 0.5) is 13.2 Å². The van der Waals surface area contributed by atoms with Crippen LogP contribution in [0.15, 0.2) is 54.2 Å². The molecule has 20 heavy (non-hydrogen) atoms. The number of hydrogen-bond acceptors (Lipinski definition) is 2. The van der Waals surface area contributed by atoms with E-state index < -0.39 is 11.7 Å². The maximum atomic E-state index is 12.5. The van der Waals surface area contributed by atoms with Gasteiger partial charge in [-0.1, -0.05) is 12.1 Å². The van der Waals surface area contributed by atoms with Gasteiger partial charge >= 0.3 is 6.18 Å². The minimum absolute atomic E-state index is 0.651. The average molecular weight is 294 g/mol. The number of halogens is 3. The zero-order valence-corrected chi connectivity index (χ0v) is 10.9. The summed E-state index contributed by atoms with van der Waals surface area (Å²) in [6.45, 7) is 0. The molecule has 0 aliphatic carbocycles. The molecule has 3 aromatic rings. The Hall–Kier alpha value is -2.08. The van der Waals surface area contributed by atoms with Gasteiger partial charge in [0.15, 0.2) is 5.13 Å². The van der Waals surface area contributed by atoms with Crippen molar-refractivity contribution < 1.29 is 13.2 Å². The van der Waals surface area contributed by atoms with Gasteiger partial charge in [-0.2, -0.15) is 13.2 Å². The fourth-order valence-electron chi connectivity index (χ4n) is 1.81. The molecule has 3 rings (SSSR count). The minimum Gasteiger partial charge on any atom is -0.300 e. The van der Waals surface area contributed by atoms with Gasteiger partial charge < -0.3 is 4.57 Å². The van der Waals surface area contributed by atoms with Crippen LogP contribution in [0.3, 0.4) is 0 Å². The molecule has 0 saturated carbocycles. The van der Waals surface area contributed by atoms with E-state index in [1.807, 2.05) is 34.5 Å². The highest BCUT2D eigenvalue weighted by molar-refractivity contribution is 7.12. The van der Waals surface area contributed by atoms with Gasteiger partial charge in [0.1, 0.15) is 0 Å². The second-order valence-electron chi connectivity index (χ2n) is 4.18. The number of benzene rings is 1. The molecular formula is C14H9F3N2S. The van der Waals surface area contributed by atoms with E-state index in [1.165, 1.54) is 23.5 Å². The molecule has 1 aromatic carbocycles. The molecule has 0 atom stereocenters. The van der Waals surface area contributed by atoms with Crippen LogP contribution >= 0.6 is 11.3 Å². The summed E-state index contributed by atoms with van der Waals surface area (Å²) in [4.78, 5) is 4.42. The van der Waals surface area contributed by atoms with E-state index in [1.54, 1.807) is 0 Å². The maximum Gasteiger partial charge on any atom is 0.416 e. The smallest absolute Gasteiger partial charge is 0.300 e. The Morgan fingerprint density at radius 3 is 2.25 bits per heavy atom. The van der Waals surface area contributed by atoms with E-state index in [0.29, 0.717) is 11.3 Å². The second-order valence-corrected chi connectivity index (χ2v) is 5.02. The first-order valence-corrected chi connectivity index (χ1v) is 6.68. The van der Waals surface area contributed by atoms with Gasteiger partial charge in [0.25, 0.3) is 0 Å². The summed E-state index contributed by atoms with van der Waals surface area (Å²) in [6.07, 6.45) is -0.568. The van der Waals surface area contributed by atoms with Crippen LogP contribution in [0.1, 0.15) is 5.56 Å². The summed E-state index contributed by atoms with van der Waals surface area (Å²) in [7, 11) is 0. The van der Waals surface area contributed by atoms with E-state index in [2.05, 4.69) is 4.98 Å². The minimum atomic E-state index is -4.31. The molecule has 2 heterocycles. The fourth-order valence-corrected chi connectivity index (χ4v) is 2.61. The van der Waals surface area contributed by atoms with Crippen LogP contribution in [-0.4, -0.2) is 9.55 Å². The predicted molar refractivity (Wildman–Crippen MR) is 71.9 cm³/mol. The molecule has 0 N–H and O–H groups in total. The molecular weight excluding hydrogens is 285 g/mol. The van der Waals surface area contributed by atoms with Gasteiger partial charge in [0, 0.05) is 23.3 Å². The molecule has 6 heteroatoms. The number of aromatic nitrogens is 2. The molecule has 0 amide bonds. The Balaban J connectivity index is 1.90. The van der Waals surface area contributed by atoms with Gasteiger partial charge in [-0.3, -0.25) is 0 Å². The lowest BCUT2D eigenvalue weighted by molar-refractivity contribution is -0.137. The van der Waals surface area contributed by atoms with Crippen molar-refractivity contribution in [2.45, 2.75) is 6.18 Å². The Morgan fingerprint density at radius 2 is 1.65 bits per heavy atom. The Kier molecular flexibility index (Phi) is 3.10. The van der Waals surface area contributed by atoms with E-state index >= 15 is 0 Å². The van der Waals surface area contributed by atoms with Crippen molar-refractivity contribution in [2.75, 3.05) is 0 Å². The Bertz CT molecular complexity index is 697. The van der Waals surface area contributed by atoms with Gasteiger partial charge in [0.2, 0.25) is 0 Å². The summed E-state index contributed by atoms with van der Waals surface area (Å²) >= 11 is 1.44. The van der Waals surface area contributed by atoms with Crippen LogP contribution in [0.25, 0.3) is 16.4 Å². The van der Waals surface area contributed by atoms with Gasteiger partial charge in [-0.25, -0.2) is 4.98 Å². The van der Waals surface area contributed by atoms with Crippen LogP contribution in [0.5, 0.6) is 0 Å². The summed E-state index contributed by atoms with van der Waals surface area (Å²) < 4.78 is 39.3. The molecule has 0 aliphatic heterocycles. The lowest BCUT2D eigenvalue weighted by Gasteiger charge is -2.06. The zero-order valence-electron chi connectivity index (χ0n) is 10.1. The number of alkyl halides is 3. The lowest BCUT2D eigenvalue weighted by atomic mass is 10.1. The van der Waals surface area contributed by atoms with Crippen molar-refractivity contribution in [2.24, 2.45) is 0 Å². The topological polar surface area (TPSA) is 17.8 Å². The molecule has 0 aliphatic rings. The molecule has 0 saturated heterocycles. The molecule has 0 unspecified atom stereocenters. The quantitative estimate of drug-likeness (QED) is 0.674. The van der Waals surface area contributed by atoms with Crippen LogP contribution in [-0.2, 0) is 6.18 Å². The third-order valence-corrected chi connectivity index (χ3v) is 3.68. The summed E-state index contributed by atoms with van der Waals surface area (Å²) in [5, 5.41) is 2.61. The monoisotopic (exact) mass is 294 g/mol. The standard InChI is InChI=1S/C14H9F3N2S/c15-14(16,17)11-5-3-10(4-6-11)12-9-20-13(18-12)19-7-1-2-8-19/h1-9H. The first-order valence-electron chi connectivity index (χ1n) is 5.80. The van der Waals surface area contributed by atoms with Gasteiger partial charge in [-0.15, -0.1) is 11.3 Å². The molecule has 0 bridgehead atoms. The maximum absolute atomic E-state index is 12.5. The van der Waals surface area contributed by atoms with Crippen molar-refractivity contribution in [3.05, 3.63) is 59.7 Å². The van der Waals surface area contributed by atoms with Crippen molar-refractivity contribution >= 4 is 11.3 Å². The first-order chi connectivity index (χ1) is 9.54. The van der Waals surface area contributed by atoms with E-state index in [-0.39, 0.29) is 0 Å². The lowest BCUT2D eigenvalue weighted by Crippen LogP contribution is -2.04. The highest BCUT2D eigenvalue weighted by Gasteiger charge is 2.30. The molecule has 0 spiro atoms. The van der Waals surface area contributed by atoms with Crippen molar-refractivity contribution in [3.63, 3.8) is 0 Å². The SMILES string of the molecule is FC(F)(F)c1ccc(-c2csc(-n3cccc3)n2)cc1. The number of thiazole rings is 1.